The summed E-state index contributed by atoms with van der Waals surface area (Å²) in [6, 6.07) is 9.08. The minimum Gasteiger partial charge on any atom is -0.478 e. The molecule has 4 N–H and O–H groups in total. The van der Waals surface area contributed by atoms with E-state index in [4.69, 9.17) is 15.3 Å². The summed E-state index contributed by atoms with van der Waals surface area (Å²) >= 11 is 0. The fraction of sp³-hybridized carbons (Fsp3) is 0.0769. The van der Waals surface area contributed by atoms with E-state index in [0.29, 0.717) is 11.4 Å². The van der Waals surface area contributed by atoms with Gasteiger partial charge in [0.05, 0.1) is 12.1 Å². The first-order chi connectivity index (χ1) is 9.10. The zero-order valence-electron chi connectivity index (χ0n) is 9.92. The van der Waals surface area contributed by atoms with Crippen LogP contribution < -0.4 is 11.1 Å². The zero-order chi connectivity index (χ0) is 13.8. The molecule has 6 nitrogen and oxygen atoms in total. The van der Waals surface area contributed by atoms with Gasteiger partial charge in [0.25, 0.3) is 5.91 Å². The van der Waals surface area contributed by atoms with Gasteiger partial charge in [-0.05, 0) is 30.3 Å². The van der Waals surface area contributed by atoms with Crippen molar-refractivity contribution in [2.24, 2.45) is 5.73 Å². The maximum atomic E-state index is 11.8. The third kappa shape index (κ3) is 2.99. The number of rotatable bonds is 4. The van der Waals surface area contributed by atoms with Crippen LogP contribution >= 0.6 is 0 Å². The van der Waals surface area contributed by atoms with Crippen LogP contribution in [0.1, 0.15) is 26.7 Å². The van der Waals surface area contributed by atoms with Crippen molar-refractivity contribution in [3.8, 4) is 0 Å². The highest BCUT2D eigenvalue weighted by molar-refractivity contribution is 6.02. The van der Waals surface area contributed by atoms with Gasteiger partial charge in [0.15, 0.2) is 5.76 Å². The average Bonchev–Trinajstić information content (AvgIpc) is 2.88. The van der Waals surface area contributed by atoms with Crippen molar-refractivity contribution in [2.75, 3.05) is 5.32 Å². The Bertz CT molecular complexity index is 619. The first-order valence-electron chi connectivity index (χ1n) is 5.53. The number of carbonyl (C=O) groups excluding carboxylic acids is 1. The van der Waals surface area contributed by atoms with Crippen LogP contribution in [0.15, 0.2) is 40.8 Å². The lowest BCUT2D eigenvalue weighted by Crippen LogP contribution is -2.11. The number of nitrogens with two attached hydrogens (primary N) is 1. The van der Waals surface area contributed by atoms with Gasteiger partial charge in [-0.1, -0.05) is 6.07 Å². The molecule has 0 aliphatic rings. The highest BCUT2D eigenvalue weighted by Gasteiger charge is 2.12. The molecule has 2 aromatic rings. The highest BCUT2D eigenvalue weighted by atomic mass is 16.4. The predicted molar refractivity (Wildman–Crippen MR) is 68.0 cm³/mol. The largest absolute Gasteiger partial charge is 0.478 e. The van der Waals surface area contributed by atoms with Gasteiger partial charge in [-0.3, -0.25) is 4.79 Å². The van der Waals surface area contributed by atoms with Gasteiger partial charge < -0.3 is 20.6 Å². The molecule has 0 aliphatic carbocycles. The number of hydrogen-bond acceptors (Lipinski definition) is 4. The third-order valence-corrected chi connectivity index (χ3v) is 2.45. The molecule has 0 fully saturated rings. The molecule has 1 aromatic carbocycles. The number of carbonyl (C=O) groups is 2. The lowest BCUT2D eigenvalue weighted by molar-refractivity contribution is 0.0696. The molecule has 0 unspecified atom stereocenters. The number of benzene rings is 1. The van der Waals surface area contributed by atoms with Gasteiger partial charge in [0.2, 0.25) is 0 Å². The van der Waals surface area contributed by atoms with E-state index in [1.807, 2.05) is 0 Å². The van der Waals surface area contributed by atoms with Crippen LogP contribution in [0.25, 0.3) is 0 Å². The number of carboxylic acid groups (broad SMARTS) is 1. The normalized spacial score (nSPS) is 10.2. The highest BCUT2D eigenvalue weighted by Crippen LogP contribution is 2.14. The number of furan rings is 1. The topological polar surface area (TPSA) is 106 Å². The molecule has 0 atom stereocenters. The summed E-state index contributed by atoms with van der Waals surface area (Å²) in [6.07, 6.45) is 0. The van der Waals surface area contributed by atoms with Crippen LogP contribution in [0.4, 0.5) is 5.69 Å². The summed E-state index contributed by atoms with van der Waals surface area (Å²) in [5, 5.41) is 11.4. The summed E-state index contributed by atoms with van der Waals surface area (Å²) in [5.41, 5.74) is 5.86. The molecule has 19 heavy (non-hydrogen) atoms. The van der Waals surface area contributed by atoms with Crippen LogP contribution in [0.3, 0.4) is 0 Å². The van der Waals surface area contributed by atoms with Crippen molar-refractivity contribution >= 4 is 17.6 Å². The molecule has 6 heteroatoms. The molecule has 1 aromatic heterocycles. The molecule has 0 saturated heterocycles. The number of amides is 1. The lowest BCUT2D eigenvalue weighted by atomic mass is 10.2. The fourth-order valence-electron chi connectivity index (χ4n) is 1.53. The van der Waals surface area contributed by atoms with E-state index in [0.717, 1.165) is 0 Å². The van der Waals surface area contributed by atoms with Gasteiger partial charge in [-0.25, -0.2) is 4.79 Å². The summed E-state index contributed by atoms with van der Waals surface area (Å²) in [7, 11) is 0. The first kappa shape index (κ1) is 12.8. The van der Waals surface area contributed by atoms with Crippen LogP contribution in [-0.4, -0.2) is 17.0 Å². The Morgan fingerprint density at radius 2 is 2.05 bits per heavy atom. The molecular weight excluding hydrogens is 248 g/mol. The van der Waals surface area contributed by atoms with E-state index in [9.17, 15) is 9.59 Å². The number of carboxylic acids is 1. The van der Waals surface area contributed by atoms with Crippen molar-refractivity contribution in [2.45, 2.75) is 6.54 Å². The number of hydrogen-bond donors (Lipinski definition) is 3. The lowest BCUT2D eigenvalue weighted by Gasteiger charge is -2.04. The molecule has 0 aliphatic heterocycles. The second-order valence-corrected chi connectivity index (χ2v) is 3.81. The first-order valence-corrected chi connectivity index (χ1v) is 5.53. The Labute approximate surface area is 108 Å². The van der Waals surface area contributed by atoms with Gasteiger partial charge in [-0.15, -0.1) is 0 Å². The van der Waals surface area contributed by atoms with E-state index in [-0.39, 0.29) is 17.9 Å². The third-order valence-electron chi connectivity index (χ3n) is 2.45. The minimum atomic E-state index is -1.06. The van der Waals surface area contributed by atoms with Crippen molar-refractivity contribution in [1.82, 2.24) is 0 Å². The molecular formula is C13H12N2O4. The Kier molecular flexibility index (Phi) is 3.63. The van der Waals surface area contributed by atoms with Crippen LogP contribution in [-0.2, 0) is 6.54 Å². The molecule has 0 bridgehead atoms. The number of nitrogens with one attached hydrogen (secondary N) is 1. The van der Waals surface area contributed by atoms with Gasteiger partial charge in [-0.2, -0.15) is 0 Å². The fourth-order valence-corrected chi connectivity index (χ4v) is 1.53. The minimum absolute atomic E-state index is 0.0971. The van der Waals surface area contributed by atoms with E-state index in [1.165, 1.54) is 18.2 Å². The second-order valence-electron chi connectivity index (χ2n) is 3.81. The van der Waals surface area contributed by atoms with E-state index >= 15 is 0 Å². The quantitative estimate of drug-likeness (QED) is 0.775. The molecule has 0 spiro atoms. The second kappa shape index (κ2) is 5.36. The Morgan fingerprint density at radius 1 is 1.26 bits per heavy atom. The maximum absolute atomic E-state index is 11.8. The molecule has 1 heterocycles. The van der Waals surface area contributed by atoms with E-state index < -0.39 is 11.9 Å². The summed E-state index contributed by atoms with van der Waals surface area (Å²) in [4.78, 5) is 22.6. The van der Waals surface area contributed by atoms with Crippen molar-refractivity contribution < 1.29 is 19.1 Å². The van der Waals surface area contributed by atoms with E-state index in [1.54, 1.807) is 18.2 Å². The molecule has 0 saturated carbocycles. The van der Waals surface area contributed by atoms with Crippen molar-refractivity contribution in [1.29, 1.82) is 0 Å². The predicted octanol–water partition coefficient (Wildman–Crippen LogP) is 1.69. The van der Waals surface area contributed by atoms with Crippen LogP contribution in [0.2, 0.25) is 0 Å². The summed E-state index contributed by atoms with van der Waals surface area (Å²) < 4.78 is 5.19. The van der Waals surface area contributed by atoms with Gasteiger partial charge in [0, 0.05) is 5.69 Å². The monoisotopic (exact) mass is 260 g/mol. The Morgan fingerprint density at radius 3 is 2.68 bits per heavy atom. The van der Waals surface area contributed by atoms with Crippen LogP contribution in [0.5, 0.6) is 0 Å². The SMILES string of the molecule is NCc1ccc(C(=O)Nc2cccc(C(=O)O)c2)o1. The van der Waals surface area contributed by atoms with Gasteiger partial charge in [0.1, 0.15) is 5.76 Å². The molecule has 0 radical (unpaired) electrons. The van der Waals surface area contributed by atoms with Crippen molar-refractivity contribution in [3.63, 3.8) is 0 Å². The average molecular weight is 260 g/mol. The molecule has 98 valence electrons. The van der Waals surface area contributed by atoms with Crippen molar-refractivity contribution in [3.05, 3.63) is 53.5 Å². The maximum Gasteiger partial charge on any atom is 0.335 e. The van der Waals surface area contributed by atoms with Crippen LogP contribution in [0, 0.1) is 0 Å². The Hall–Kier alpha value is -2.60. The van der Waals surface area contributed by atoms with Gasteiger partial charge >= 0.3 is 5.97 Å². The Balaban J connectivity index is 2.14. The van der Waals surface area contributed by atoms with E-state index in [2.05, 4.69) is 5.32 Å². The molecule has 1 amide bonds. The standard InChI is InChI=1S/C13H12N2O4/c14-7-10-4-5-11(19-10)12(16)15-9-3-1-2-8(6-9)13(17)18/h1-6H,7,14H2,(H,15,16)(H,17,18). The number of aromatic carboxylic acids is 1. The molecule has 2 rings (SSSR count). The summed E-state index contributed by atoms with van der Waals surface area (Å²) in [6.45, 7) is 0.210. The number of anilines is 1. The zero-order valence-corrected chi connectivity index (χ0v) is 9.92. The summed E-state index contributed by atoms with van der Waals surface area (Å²) in [5.74, 6) is -0.882. The smallest absolute Gasteiger partial charge is 0.335 e.